The lowest BCUT2D eigenvalue weighted by Gasteiger charge is -2.19. The minimum atomic E-state index is -5.08. The Morgan fingerprint density at radius 2 is 1.19 bits per heavy atom. The number of alkyl halides is 6. The van der Waals surface area contributed by atoms with Crippen molar-refractivity contribution >= 4 is 67.3 Å². The number of amides is 2. The average molecular weight is 868 g/mol. The molecule has 19 heteroatoms. The number of ether oxygens (including phenoxy) is 2. The molecule has 3 aromatic heterocycles. The topological polar surface area (TPSA) is 163 Å². The summed E-state index contributed by atoms with van der Waals surface area (Å²) in [5, 5.41) is 18.6. The number of hydrogen-bond acceptors (Lipinski definition) is 6. The molecule has 2 amide bonds. The summed E-state index contributed by atoms with van der Waals surface area (Å²) in [7, 11) is 0. The SMILES string of the molecule is CC(C)(C)OC(=O)Nc1c[nH]c2ccc(-c3cnn(-c4ccc(C(F)(F)F)cc4)c3)cc12.CC(C)(C)OC(=O)Nc1c[nH]c2ccc(Br)cc12.O=C(O)C(F)(F)F. The number of anilines is 2. The number of carbonyl (C=O) groups is 3. The largest absolute Gasteiger partial charge is 0.490 e. The van der Waals surface area contributed by atoms with Crippen molar-refractivity contribution in [3.8, 4) is 16.8 Å². The van der Waals surface area contributed by atoms with Crippen LogP contribution in [0.2, 0.25) is 0 Å². The van der Waals surface area contributed by atoms with E-state index >= 15 is 0 Å². The molecule has 0 bridgehead atoms. The Balaban J connectivity index is 0.000000241. The van der Waals surface area contributed by atoms with Crippen molar-refractivity contribution in [1.29, 1.82) is 0 Å². The van der Waals surface area contributed by atoms with Crippen LogP contribution < -0.4 is 10.6 Å². The fourth-order valence-corrected chi connectivity index (χ4v) is 5.20. The van der Waals surface area contributed by atoms with Gasteiger partial charge in [0.1, 0.15) is 11.2 Å². The average Bonchev–Trinajstić information content (AvgIpc) is 3.82. The molecule has 0 saturated heterocycles. The van der Waals surface area contributed by atoms with Gasteiger partial charge in [-0.3, -0.25) is 10.6 Å². The van der Waals surface area contributed by atoms with E-state index in [-0.39, 0.29) is 0 Å². The molecule has 0 unspecified atom stereocenters. The lowest BCUT2D eigenvalue weighted by atomic mass is 10.1. The zero-order chi connectivity index (χ0) is 42.5. The summed E-state index contributed by atoms with van der Waals surface area (Å²) >= 11 is 3.41. The Morgan fingerprint density at radius 1 is 0.719 bits per heavy atom. The molecular formula is C38H37BrF6N6O6. The number of aliphatic carboxylic acids is 1. The molecule has 6 rings (SSSR count). The number of carbonyl (C=O) groups excluding carboxylic acids is 2. The first-order chi connectivity index (χ1) is 26.3. The van der Waals surface area contributed by atoms with Gasteiger partial charge >= 0.3 is 30.5 Å². The summed E-state index contributed by atoms with van der Waals surface area (Å²) in [6, 6.07) is 16.3. The fourth-order valence-electron chi connectivity index (χ4n) is 4.84. The van der Waals surface area contributed by atoms with E-state index in [0.717, 1.165) is 49.5 Å². The summed E-state index contributed by atoms with van der Waals surface area (Å²) in [6.07, 6.45) is -3.68. The van der Waals surface area contributed by atoms with Crippen LogP contribution in [0.5, 0.6) is 0 Å². The van der Waals surface area contributed by atoms with E-state index in [0.29, 0.717) is 17.1 Å². The molecule has 3 aromatic carbocycles. The first kappa shape index (κ1) is 43.7. The molecule has 0 spiro atoms. The fraction of sp³-hybridized carbons (Fsp3) is 0.263. The van der Waals surface area contributed by atoms with Crippen LogP contribution in [-0.4, -0.2) is 60.4 Å². The maximum Gasteiger partial charge on any atom is 0.490 e. The molecule has 0 aliphatic heterocycles. The molecule has 5 N–H and O–H groups in total. The van der Waals surface area contributed by atoms with Crippen molar-refractivity contribution in [3.63, 3.8) is 0 Å². The van der Waals surface area contributed by atoms with E-state index in [4.69, 9.17) is 19.4 Å². The van der Waals surface area contributed by atoms with Gasteiger partial charge in [-0.1, -0.05) is 22.0 Å². The smallest absolute Gasteiger partial charge is 0.475 e. The first-order valence-electron chi connectivity index (χ1n) is 16.7. The molecule has 57 heavy (non-hydrogen) atoms. The van der Waals surface area contributed by atoms with Gasteiger partial charge in [-0.25, -0.2) is 19.1 Å². The minimum Gasteiger partial charge on any atom is -0.475 e. The third kappa shape index (κ3) is 12.8. The molecule has 12 nitrogen and oxygen atoms in total. The number of nitrogens with zero attached hydrogens (tertiary/aromatic N) is 2. The predicted molar refractivity (Wildman–Crippen MR) is 205 cm³/mol. The number of aromatic nitrogens is 4. The molecule has 304 valence electrons. The van der Waals surface area contributed by atoms with Crippen LogP contribution in [0.4, 0.5) is 47.3 Å². The summed E-state index contributed by atoms with van der Waals surface area (Å²) in [5.41, 5.74) is 3.37. The van der Waals surface area contributed by atoms with Crippen LogP contribution in [0.15, 0.2) is 89.9 Å². The van der Waals surface area contributed by atoms with Crippen LogP contribution in [0.3, 0.4) is 0 Å². The maximum atomic E-state index is 12.8. The highest BCUT2D eigenvalue weighted by Gasteiger charge is 2.38. The van der Waals surface area contributed by atoms with E-state index in [1.807, 2.05) is 57.2 Å². The van der Waals surface area contributed by atoms with Crippen LogP contribution >= 0.6 is 15.9 Å². The third-order valence-corrected chi connectivity index (χ3v) is 7.71. The van der Waals surface area contributed by atoms with Gasteiger partial charge in [0.25, 0.3) is 0 Å². The number of hydrogen-bond donors (Lipinski definition) is 5. The van der Waals surface area contributed by atoms with Crippen molar-refractivity contribution in [2.45, 2.75) is 65.1 Å². The molecule has 0 aliphatic carbocycles. The molecule has 0 atom stereocenters. The van der Waals surface area contributed by atoms with Crippen LogP contribution in [-0.2, 0) is 20.4 Å². The molecule has 0 saturated carbocycles. The van der Waals surface area contributed by atoms with E-state index in [1.165, 1.54) is 16.8 Å². The van der Waals surface area contributed by atoms with E-state index in [9.17, 15) is 35.9 Å². The van der Waals surface area contributed by atoms with Gasteiger partial charge in [0.2, 0.25) is 0 Å². The number of aromatic amines is 2. The van der Waals surface area contributed by atoms with E-state index < -0.39 is 47.3 Å². The van der Waals surface area contributed by atoms with Crippen molar-refractivity contribution in [2.24, 2.45) is 0 Å². The van der Waals surface area contributed by atoms with Gasteiger partial charge in [0.05, 0.1) is 28.8 Å². The lowest BCUT2D eigenvalue weighted by Crippen LogP contribution is -2.27. The number of carboxylic acids is 1. The van der Waals surface area contributed by atoms with Gasteiger partial charge in [-0.15, -0.1) is 0 Å². The standard InChI is InChI=1S/C23H21F3N4O2.C13H15BrN2O2.C2HF3O2/c1-22(2,3)32-21(31)29-20-12-27-19-9-4-14(10-18(19)20)15-11-28-30(13-15)17-7-5-16(6-8-17)23(24,25)26;1-13(2,3)18-12(17)16-11-7-15-10-5-4-8(14)6-9(10)11;3-2(4,5)1(6)7/h4-13,27H,1-3H3,(H,29,31);4-7,15H,1-3H3,(H,16,17);(H,6,7). The monoisotopic (exact) mass is 866 g/mol. The quantitative estimate of drug-likeness (QED) is 0.110. The Labute approximate surface area is 329 Å². The van der Waals surface area contributed by atoms with Gasteiger partial charge in [-0.05, 0) is 102 Å². The molecular weight excluding hydrogens is 830 g/mol. The van der Waals surface area contributed by atoms with E-state index in [1.54, 1.807) is 45.6 Å². The minimum absolute atomic E-state index is 0.455. The predicted octanol–water partition coefficient (Wildman–Crippen LogP) is 11.3. The first-order valence-corrected chi connectivity index (χ1v) is 17.5. The highest BCUT2D eigenvalue weighted by Crippen LogP contribution is 2.32. The van der Waals surface area contributed by atoms with Crippen molar-refractivity contribution in [1.82, 2.24) is 19.7 Å². The highest BCUT2D eigenvalue weighted by atomic mass is 79.9. The second-order valence-corrected chi connectivity index (χ2v) is 15.0. The van der Waals surface area contributed by atoms with Gasteiger partial charge < -0.3 is 24.5 Å². The van der Waals surface area contributed by atoms with Crippen LogP contribution in [0.1, 0.15) is 47.1 Å². The van der Waals surface area contributed by atoms with Crippen molar-refractivity contribution < 1.29 is 55.3 Å². The van der Waals surface area contributed by atoms with Gasteiger partial charge in [-0.2, -0.15) is 31.4 Å². The Morgan fingerprint density at radius 3 is 1.65 bits per heavy atom. The van der Waals surface area contributed by atoms with E-state index in [2.05, 4.69) is 41.6 Å². The van der Waals surface area contributed by atoms with Crippen molar-refractivity contribution in [3.05, 3.63) is 95.5 Å². The Hall–Kier alpha value is -5.98. The molecule has 6 aromatic rings. The normalized spacial score (nSPS) is 11.9. The highest BCUT2D eigenvalue weighted by molar-refractivity contribution is 9.10. The van der Waals surface area contributed by atoms with Gasteiger partial charge in [0.15, 0.2) is 0 Å². The zero-order valence-electron chi connectivity index (χ0n) is 31.1. The summed E-state index contributed by atoms with van der Waals surface area (Å²) < 4.78 is 83.1. The summed E-state index contributed by atoms with van der Waals surface area (Å²) in [4.78, 5) is 38.9. The number of rotatable bonds is 4. The number of fused-ring (bicyclic) bond motifs is 2. The second kappa shape index (κ2) is 17.0. The number of halogens is 7. The zero-order valence-corrected chi connectivity index (χ0v) is 32.7. The number of benzene rings is 3. The molecule has 0 fully saturated rings. The van der Waals surface area contributed by atoms with Crippen LogP contribution in [0, 0.1) is 0 Å². The third-order valence-electron chi connectivity index (χ3n) is 7.21. The number of H-pyrrole nitrogens is 2. The maximum absolute atomic E-state index is 12.8. The molecule has 0 aliphatic rings. The lowest BCUT2D eigenvalue weighted by molar-refractivity contribution is -0.192. The summed E-state index contributed by atoms with van der Waals surface area (Å²) in [5.74, 6) is -2.76. The van der Waals surface area contributed by atoms with Crippen molar-refractivity contribution in [2.75, 3.05) is 10.6 Å². The summed E-state index contributed by atoms with van der Waals surface area (Å²) in [6.45, 7) is 10.9. The van der Waals surface area contributed by atoms with Crippen LogP contribution in [0.25, 0.3) is 38.6 Å². The Bertz CT molecular complexity index is 2350. The molecule has 0 radical (unpaired) electrons. The molecule has 3 heterocycles. The second-order valence-electron chi connectivity index (χ2n) is 14.1. The Kier molecular flexibility index (Phi) is 13.1. The van der Waals surface area contributed by atoms with Gasteiger partial charge in [0, 0.05) is 50.4 Å². The number of nitrogens with one attached hydrogen (secondary N) is 4. The number of carboxylic acid groups (broad SMARTS) is 1.